The van der Waals surface area contributed by atoms with Crippen LogP contribution in [-0.4, -0.2) is 27.0 Å². The maximum Gasteiger partial charge on any atom is 0.267 e. The van der Waals surface area contributed by atoms with Crippen LogP contribution in [0.5, 0.6) is 0 Å². The first-order valence-corrected chi connectivity index (χ1v) is 9.65. The zero-order valence-corrected chi connectivity index (χ0v) is 15.5. The summed E-state index contributed by atoms with van der Waals surface area (Å²) in [5.41, 5.74) is 3.80. The predicted octanol–water partition coefficient (Wildman–Crippen LogP) is 2.78. The van der Waals surface area contributed by atoms with E-state index in [4.69, 9.17) is 0 Å². The van der Waals surface area contributed by atoms with E-state index in [2.05, 4.69) is 10.3 Å². The molecule has 2 heterocycles. The lowest BCUT2D eigenvalue weighted by atomic mass is 10.1. The van der Waals surface area contributed by atoms with Crippen molar-refractivity contribution in [2.45, 2.75) is 30.3 Å². The second-order valence-corrected chi connectivity index (χ2v) is 7.84. The number of aryl methyl sites for hydroxylation is 3. The van der Waals surface area contributed by atoms with Crippen LogP contribution in [0.1, 0.15) is 16.8 Å². The molecule has 0 fully saturated rings. The highest BCUT2D eigenvalue weighted by Gasteiger charge is 2.20. The number of benzene rings is 1. The lowest BCUT2D eigenvalue weighted by Crippen LogP contribution is -2.23. The van der Waals surface area contributed by atoms with Crippen molar-refractivity contribution in [2.75, 3.05) is 16.8 Å². The average Bonchev–Trinajstić information content (AvgIpc) is 3.01. The van der Waals surface area contributed by atoms with Gasteiger partial charge in [-0.3, -0.25) is 14.2 Å². The quantitative estimate of drug-likeness (QED) is 0.670. The van der Waals surface area contributed by atoms with E-state index in [1.54, 1.807) is 18.8 Å². The number of hydrogen-bond donors (Lipinski definition) is 1. The van der Waals surface area contributed by atoms with E-state index in [9.17, 15) is 9.59 Å². The molecule has 0 saturated heterocycles. The van der Waals surface area contributed by atoms with Crippen molar-refractivity contribution in [2.24, 2.45) is 7.05 Å². The fourth-order valence-corrected chi connectivity index (χ4v) is 4.34. The molecule has 0 unspecified atom stereocenters. The molecule has 5 nitrogen and oxygen atoms in total. The van der Waals surface area contributed by atoms with Gasteiger partial charge in [0.2, 0.25) is 5.91 Å². The summed E-state index contributed by atoms with van der Waals surface area (Å²) in [5.74, 6) is 1.02. The van der Waals surface area contributed by atoms with E-state index in [1.807, 2.05) is 32.0 Å². The van der Waals surface area contributed by atoms with E-state index < -0.39 is 0 Å². The van der Waals surface area contributed by atoms with Gasteiger partial charge in [0.25, 0.3) is 5.56 Å². The Morgan fingerprint density at radius 1 is 1.42 bits per heavy atom. The Balaban J connectivity index is 1.70. The van der Waals surface area contributed by atoms with E-state index in [0.29, 0.717) is 5.16 Å². The fraction of sp³-hybridized carbons (Fsp3) is 0.353. The molecular weight excluding hydrogens is 342 g/mol. The minimum absolute atomic E-state index is 0.0139. The number of rotatable bonds is 4. The monoisotopic (exact) mass is 361 g/mol. The number of hydrogen-bond acceptors (Lipinski definition) is 5. The van der Waals surface area contributed by atoms with E-state index in [-0.39, 0.29) is 17.2 Å². The number of amides is 1. The molecule has 0 saturated carbocycles. The number of anilines is 1. The topological polar surface area (TPSA) is 64.0 Å². The maximum atomic E-state index is 12.3. The Labute approximate surface area is 149 Å². The second kappa shape index (κ2) is 7.03. The van der Waals surface area contributed by atoms with Gasteiger partial charge >= 0.3 is 0 Å². The van der Waals surface area contributed by atoms with Gasteiger partial charge in [-0.05, 0) is 31.0 Å². The normalized spacial score (nSPS) is 13.0. The first-order valence-electron chi connectivity index (χ1n) is 7.68. The van der Waals surface area contributed by atoms with Crippen LogP contribution in [0, 0.1) is 13.8 Å². The fourth-order valence-electron chi connectivity index (χ4n) is 2.48. The summed E-state index contributed by atoms with van der Waals surface area (Å²) in [5, 5.41) is 3.52. The second-order valence-electron chi connectivity index (χ2n) is 5.79. The number of nitrogens with zero attached hydrogens (tertiary/aromatic N) is 2. The summed E-state index contributed by atoms with van der Waals surface area (Å²) < 4.78 is 1.53. The van der Waals surface area contributed by atoms with Crippen LogP contribution in [0.4, 0.5) is 5.69 Å². The van der Waals surface area contributed by atoms with Crippen LogP contribution >= 0.6 is 23.5 Å². The number of nitrogens with one attached hydrogen (secondary N) is 1. The van der Waals surface area contributed by atoms with Gasteiger partial charge in [-0.25, -0.2) is 4.98 Å². The van der Waals surface area contributed by atoms with Gasteiger partial charge < -0.3 is 5.32 Å². The highest BCUT2D eigenvalue weighted by atomic mass is 32.2. The van der Waals surface area contributed by atoms with Gasteiger partial charge in [0.1, 0.15) is 0 Å². The van der Waals surface area contributed by atoms with Crippen LogP contribution in [0.3, 0.4) is 0 Å². The summed E-state index contributed by atoms with van der Waals surface area (Å²) in [7, 11) is 1.71. The molecule has 1 amide bonds. The molecule has 0 radical (unpaired) electrons. The summed E-state index contributed by atoms with van der Waals surface area (Å²) in [4.78, 5) is 29.8. The van der Waals surface area contributed by atoms with Gasteiger partial charge in [0, 0.05) is 24.9 Å². The van der Waals surface area contributed by atoms with Gasteiger partial charge in [0.15, 0.2) is 5.16 Å². The molecule has 0 bridgehead atoms. The standard InChI is InChI=1S/C17H19N3O2S2/c1-10-4-5-11(2)13(8-10)18-14(21)9-24-17-19-12-6-7-23-15(12)16(22)20(17)3/h4-5,8H,6-7,9H2,1-3H3,(H,18,21). The third kappa shape index (κ3) is 3.52. The molecular formula is C17H19N3O2S2. The van der Waals surface area contributed by atoms with Gasteiger partial charge in [0.05, 0.1) is 16.3 Å². The molecule has 126 valence electrons. The minimum Gasteiger partial charge on any atom is -0.325 e. The largest absolute Gasteiger partial charge is 0.325 e. The summed E-state index contributed by atoms with van der Waals surface area (Å²) in [6.07, 6.45) is 0.818. The van der Waals surface area contributed by atoms with Crippen LogP contribution in [0.2, 0.25) is 0 Å². The van der Waals surface area contributed by atoms with Crippen molar-refractivity contribution in [1.29, 1.82) is 0 Å². The van der Waals surface area contributed by atoms with Gasteiger partial charge in [-0.1, -0.05) is 23.9 Å². The zero-order valence-electron chi connectivity index (χ0n) is 13.9. The molecule has 1 aromatic heterocycles. The Kier molecular flexibility index (Phi) is 5.01. The first-order chi connectivity index (χ1) is 11.5. The number of carbonyl (C=O) groups is 1. The van der Waals surface area contributed by atoms with E-state index in [1.165, 1.54) is 16.3 Å². The predicted molar refractivity (Wildman–Crippen MR) is 99.2 cm³/mol. The number of carbonyl (C=O) groups excluding carboxylic acids is 1. The third-order valence-corrected chi connectivity index (χ3v) is 6.00. The molecule has 1 aliphatic rings. The van der Waals surface area contributed by atoms with Crippen molar-refractivity contribution in [3.8, 4) is 0 Å². The zero-order chi connectivity index (χ0) is 17.3. The number of thioether (sulfide) groups is 2. The number of fused-ring (bicyclic) bond motifs is 1. The number of aromatic nitrogens is 2. The molecule has 1 N–H and O–H groups in total. The van der Waals surface area contributed by atoms with Crippen LogP contribution in [0.25, 0.3) is 0 Å². The SMILES string of the molecule is Cc1ccc(C)c(NC(=O)CSc2nc3c(c(=O)n2C)SCC3)c1. The molecule has 3 rings (SSSR count). The molecule has 24 heavy (non-hydrogen) atoms. The highest BCUT2D eigenvalue weighted by Crippen LogP contribution is 2.28. The van der Waals surface area contributed by atoms with E-state index >= 15 is 0 Å². The Bertz CT molecular complexity index is 862. The van der Waals surface area contributed by atoms with Crippen molar-refractivity contribution in [3.63, 3.8) is 0 Å². The molecule has 1 aromatic carbocycles. The van der Waals surface area contributed by atoms with Crippen LogP contribution in [0.15, 0.2) is 33.0 Å². The lowest BCUT2D eigenvalue weighted by molar-refractivity contribution is -0.113. The highest BCUT2D eigenvalue weighted by molar-refractivity contribution is 8.00. The molecule has 7 heteroatoms. The third-order valence-electron chi connectivity index (χ3n) is 3.86. The Morgan fingerprint density at radius 3 is 3.00 bits per heavy atom. The smallest absolute Gasteiger partial charge is 0.267 e. The molecule has 2 aromatic rings. The average molecular weight is 361 g/mol. The molecule has 0 spiro atoms. The Morgan fingerprint density at radius 2 is 2.21 bits per heavy atom. The Hall–Kier alpha value is -1.73. The van der Waals surface area contributed by atoms with Crippen LogP contribution < -0.4 is 10.9 Å². The first kappa shape index (κ1) is 17.1. The van der Waals surface area contributed by atoms with Crippen molar-refractivity contribution < 1.29 is 4.79 Å². The molecule has 1 aliphatic heterocycles. The van der Waals surface area contributed by atoms with Crippen molar-refractivity contribution in [3.05, 3.63) is 45.4 Å². The summed E-state index contributed by atoms with van der Waals surface area (Å²) >= 11 is 2.86. The summed E-state index contributed by atoms with van der Waals surface area (Å²) in [6, 6.07) is 5.96. The van der Waals surface area contributed by atoms with Gasteiger partial charge in [-0.15, -0.1) is 11.8 Å². The lowest BCUT2D eigenvalue weighted by Gasteiger charge is -2.11. The van der Waals surface area contributed by atoms with Crippen LogP contribution in [-0.2, 0) is 18.3 Å². The molecule has 0 aliphatic carbocycles. The van der Waals surface area contributed by atoms with Crippen molar-refractivity contribution in [1.82, 2.24) is 9.55 Å². The minimum atomic E-state index is -0.0992. The van der Waals surface area contributed by atoms with Crippen molar-refractivity contribution >= 4 is 35.1 Å². The van der Waals surface area contributed by atoms with Gasteiger partial charge in [-0.2, -0.15) is 0 Å². The molecule has 0 atom stereocenters. The summed E-state index contributed by atoms with van der Waals surface area (Å²) in [6.45, 7) is 3.96. The van der Waals surface area contributed by atoms with E-state index in [0.717, 1.165) is 39.6 Å². The maximum absolute atomic E-state index is 12.3.